The van der Waals surface area contributed by atoms with Crippen LogP contribution >= 0.6 is 0 Å². The minimum atomic E-state index is -0.928. The Morgan fingerprint density at radius 1 is 1.47 bits per heavy atom. The largest absolute Gasteiger partial charge is 0.478 e. The Bertz CT molecular complexity index is 367. The van der Waals surface area contributed by atoms with Crippen molar-refractivity contribution in [3.05, 3.63) is 24.0 Å². The molecule has 1 aromatic rings. The summed E-state index contributed by atoms with van der Waals surface area (Å²) in [6, 6.07) is 1.50. The van der Waals surface area contributed by atoms with E-state index in [9.17, 15) is 4.79 Å². The van der Waals surface area contributed by atoms with Crippen molar-refractivity contribution in [3.8, 4) is 0 Å². The molecular formula is C12H19N3O2. The topological polar surface area (TPSA) is 65.5 Å². The Kier molecular flexibility index (Phi) is 5.42. The standard InChI is InChI=1S/C12H19N3O2/c1-15(2)8-4-3-6-14-11-9-13-7-5-10(11)12(16)17/h5,7,9,14H,3-4,6,8H2,1-2H3,(H,16,17). The van der Waals surface area contributed by atoms with E-state index >= 15 is 0 Å². The van der Waals surface area contributed by atoms with Gasteiger partial charge in [-0.2, -0.15) is 0 Å². The molecule has 0 fully saturated rings. The third kappa shape index (κ3) is 4.82. The predicted molar refractivity (Wildman–Crippen MR) is 67.5 cm³/mol. The van der Waals surface area contributed by atoms with Crippen molar-refractivity contribution in [1.82, 2.24) is 9.88 Å². The summed E-state index contributed by atoms with van der Waals surface area (Å²) >= 11 is 0. The molecule has 0 spiro atoms. The molecular weight excluding hydrogens is 218 g/mol. The molecule has 0 saturated carbocycles. The smallest absolute Gasteiger partial charge is 0.337 e. The number of nitrogens with zero attached hydrogens (tertiary/aromatic N) is 2. The molecule has 2 N–H and O–H groups in total. The minimum Gasteiger partial charge on any atom is -0.478 e. The fourth-order valence-corrected chi connectivity index (χ4v) is 1.50. The monoisotopic (exact) mass is 237 g/mol. The summed E-state index contributed by atoms with van der Waals surface area (Å²) in [5, 5.41) is 12.1. The number of unbranched alkanes of at least 4 members (excludes halogenated alkanes) is 1. The van der Waals surface area contributed by atoms with Crippen molar-refractivity contribution >= 4 is 11.7 Å². The van der Waals surface area contributed by atoms with Crippen LogP contribution in [0.4, 0.5) is 5.69 Å². The van der Waals surface area contributed by atoms with Crippen LogP contribution in [0.1, 0.15) is 23.2 Å². The molecule has 0 aliphatic heterocycles. The molecule has 0 amide bonds. The van der Waals surface area contributed by atoms with Gasteiger partial charge in [0.2, 0.25) is 0 Å². The van der Waals surface area contributed by atoms with Gasteiger partial charge in [0.15, 0.2) is 0 Å². The van der Waals surface area contributed by atoms with Crippen LogP contribution in [0.2, 0.25) is 0 Å². The van der Waals surface area contributed by atoms with Crippen molar-refractivity contribution < 1.29 is 9.90 Å². The second kappa shape index (κ2) is 6.85. The van der Waals surface area contributed by atoms with E-state index in [2.05, 4.69) is 15.2 Å². The van der Waals surface area contributed by atoms with Crippen LogP contribution in [0.3, 0.4) is 0 Å². The van der Waals surface area contributed by atoms with Crippen LogP contribution in [0.15, 0.2) is 18.5 Å². The van der Waals surface area contributed by atoms with Crippen LogP contribution in [0.5, 0.6) is 0 Å². The molecule has 0 aromatic carbocycles. The van der Waals surface area contributed by atoms with Gasteiger partial charge in [0.1, 0.15) is 0 Å². The summed E-state index contributed by atoms with van der Waals surface area (Å²) in [5.74, 6) is -0.928. The average Bonchev–Trinajstić information content (AvgIpc) is 2.28. The highest BCUT2D eigenvalue weighted by molar-refractivity contribution is 5.93. The van der Waals surface area contributed by atoms with E-state index in [4.69, 9.17) is 5.11 Å². The molecule has 94 valence electrons. The lowest BCUT2D eigenvalue weighted by Crippen LogP contribution is -2.14. The van der Waals surface area contributed by atoms with Gasteiger partial charge in [0, 0.05) is 12.7 Å². The highest BCUT2D eigenvalue weighted by Crippen LogP contribution is 2.13. The lowest BCUT2D eigenvalue weighted by atomic mass is 10.2. The Labute approximate surface area is 101 Å². The molecule has 0 atom stereocenters. The number of hydrogen-bond donors (Lipinski definition) is 2. The molecule has 0 radical (unpaired) electrons. The number of carbonyl (C=O) groups is 1. The number of rotatable bonds is 7. The molecule has 0 aliphatic carbocycles. The highest BCUT2D eigenvalue weighted by atomic mass is 16.4. The summed E-state index contributed by atoms with van der Waals surface area (Å²) in [6.45, 7) is 1.81. The molecule has 17 heavy (non-hydrogen) atoms. The zero-order valence-electron chi connectivity index (χ0n) is 10.3. The molecule has 0 saturated heterocycles. The van der Waals surface area contributed by atoms with E-state index in [1.54, 1.807) is 6.20 Å². The predicted octanol–water partition coefficient (Wildman–Crippen LogP) is 1.53. The zero-order valence-corrected chi connectivity index (χ0v) is 10.3. The Morgan fingerprint density at radius 3 is 2.88 bits per heavy atom. The van der Waals surface area contributed by atoms with Crippen LogP contribution < -0.4 is 5.32 Å². The van der Waals surface area contributed by atoms with Crippen molar-refractivity contribution in [2.24, 2.45) is 0 Å². The number of aromatic nitrogens is 1. The van der Waals surface area contributed by atoms with Gasteiger partial charge in [0.25, 0.3) is 0 Å². The van der Waals surface area contributed by atoms with Crippen molar-refractivity contribution in [1.29, 1.82) is 0 Å². The fraction of sp³-hybridized carbons (Fsp3) is 0.500. The Hall–Kier alpha value is -1.62. The number of hydrogen-bond acceptors (Lipinski definition) is 4. The maximum atomic E-state index is 10.9. The second-order valence-electron chi connectivity index (χ2n) is 4.16. The van der Waals surface area contributed by atoms with E-state index in [1.165, 1.54) is 12.3 Å². The van der Waals surface area contributed by atoms with Gasteiger partial charge in [-0.25, -0.2) is 4.79 Å². The number of carboxylic acid groups (broad SMARTS) is 1. The number of anilines is 1. The molecule has 5 nitrogen and oxygen atoms in total. The number of carboxylic acids is 1. The maximum absolute atomic E-state index is 10.9. The molecule has 0 bridgehead atoms. The first kappa shape index (κ1) is 13.4. The third-order valence-corrected chi connectivity index (χ3v) is 2.40. The molecule has 1 heterocycles. The van der Waals surface area contributed by atoms with Crippen LogP contribution in [-0.4, -0.2) is 48.1 Å². The van der Waals surface area contributed by atoms with E-state index in [1.807, 2.05) is 14.1 Å². The van der Waals surface area contributed by atoms with E-state index in [-0.39, 0.29) is 5.56 Å². The summed E-state index contributed by atoms with van der Waals surface area (Å²) in [6.07, 6.45) is 5.13. The van der Waals surface area contributed by atoms with Crippen LogP contribution in [0.25, 0.3) is 0 Å². The van der Waals surface area contributed by atoms with Crippen molar-refractivity contribution in [3.63, 3.8) is 0 Å². The van der Waals surface area contributed by atoms with Gasteiger partial charge in [-0.15, -0.1) is 0 Å². The minimum absolute atomic E-state index is 0.271. The average molecular weight is 237 g/mol. The quantitative estimate of drug-likeness (QED) is 0.704. The summed E-state index contributed by atoms with van der Waals surface area (Å²) in [4.78, 5) is 17.0. The van der Waals surface area contributed by atoms with Gasteiger partial charge < -0.3 is 15.3 Å². The van der Waals surface area contributed by atoms with Crippen molar-refractivity contribution in [2.45, 2.75) is 12.8 Å². The Morgan fingerprint density at radius 2 is 2.24 bits per heavy atom. The summed E-state index contributed by atoms with van der Waals surface area (Å²) in [5.41, 5.74) is 0.859. The normalized spacial score (nSPS) is 10.5. The molecule has 1 rings (SSSR count). The number of nitrogens with one attached hydrogen (secondary N) is 1. The first-order valence-electron chi connectivity index (χ1n) is 5.67. The first-order valence-corrected chi connectivity index (χ1v) is 5.67. The van der Waals surface area contributed by atoms with Gasteiger partial charge >= 0.3 is 5.97 Å². The fourth-order valence-electron chi connectivity index (χ4n) is 1.50. The molecule has 5 heteroatoms. The van der Waals surface area contributed by atoms with E-state index < -0.39 is 5.97 Å². The van der Waals surface area contributed by atoms with E-state index in [0.717, 1.165) is 25.9 Å². The Balaban J connectivity index is 2.39. The number of pyridine rings is 1. The van der Waals surface area contributed by atoms with Gasteiger partial charge in [0.05, 0.1) is 17.4 Å². The van der Waals surface area contributed by atoms with Crippen LogP contribution in [0, 0.1) is 0 Å². The molecule has 1 aromatic heterocycles. The number of aromatic carboxylic acids is 1. The lowest BCUT2D eigenvalue weighted by molar-refractivity contribution is 0.0698. The third-order valence-electron chi connectivity index (χ3n) is 2.40. The van der Waals surface area contributed by atoms with Gasteiger partial charge in [-0.3, -0.25) is 4.98 Å². The maximum Gasteiger partial charge on any atom is 0.337 e. The molecule has 0 unspecified atom stereocenters. The first-order chi connectivity index (χ1) is 8.11. The van der Waals surface area contributed by atoms with E-state index in [0.29, 0.717) is 5.69 Å². The highest BCUT2D eigenvalue weighted by Gasteiger charge is 2.08. The zero-order chi connectivity index (χ0) is 12.7. The van der Waals surface area contributed by atoms with Gasteiger partial charge in [-0.1, -0.05) is 0 Å². The molecule has 0 aliphatic rings. The van der Waals surface area contributed by atoms with Crippen molar-refractivity contribution in [2.75, 3.05) is 32.5 Å². The lowest BCUT2D eigenvalue weighted by Gasteiger charge is -2.11. The summed E-state index contributed by atoms with van der Waals surface area (Å²) in [7, 11) is 4.08. The second-order valence-corrected chi connectivity index (χ2v) is 4.16. The summed E-state index contributed by atoms with van der Waals surface area (Å²) < 4.78 is 0. The van der Waals surface area contributed by atoms with Gasteiger partial charge in [-0.05, 0) is 39.5 Å². The SMILES string of the molecule is CN(C)CCCCNc1cnccc1C(=O)O. The van der Waals surface area contributed by atoms with Crippen LogP contribution in [-0.2, 0) is 0 Å².